The van der Waals surface area contributed by atoms with Crippen molar-refractivity contribution in [3.8, 4) is 5.75 Å². The van der Waals surface area contributed by atoms with Gasteiger partial charge in [-0.25, -0.2) is 4.68 Å². The molecule has 1 saturated heterocycles. The molecule has 2 N–H and O–H groups in total. The summed E-state index contributed by atoms with van der Waals surface area (Å²) in [5, 5.41) is 14.3. The van der Waals surface area contributed by atoms with Crippen LogP contribution in [0.15, 0.2) is 30.5 Å². The van der Waals surface area contributed by atoms with Gasteiger partial charge < -0.3 is 15.4 Å². The van der Waals surface area contributed by atoms with Crippen LogP contribution in [0.3, 0.4) is 0 Å². The number of nitrogens with zero attached hydrogens (tertiary/aromatic N) is 3. The molecule has 1 aliphatic rings. The maximum Gasteiger partial charge on any atom is 0.273 e. The lowest BCUT2D eigenvalue weighted by Crippen LogP contribution is -2.29. The van der Waals surface area contributed by atoms with Crippen LogP contribution in [-0.2, 0) is 6.54 Å². The molecule has 0 radical (unpaired) electrons. The van der Waals surface area contributed by atoms with Gasteiger partial charge in [0.05, 0.1) is 19.3 Å². The van der Waals surface area contributed by atoms with Gasteiger partial charge in [-0.05, 0) is 43.6 Å². The van der Waals surface area contributed by atoms with E-state index >= 15 is 0 Å². The number of halogens is 1. The molecule has 0 atom stereocenters. The van der Waals surface area contributed by atoms with Crippen LogP contribution in [0, 0.1) is 0 Å². The largest absolute Gasteiger partial charge is 0.497 e. The normalized spacial score (nSPS) is 14.7. The Kier molecular flexibility index (Phi) is 6.57. The number of benzene rings is 1. The summed E-state index contributed by atoms with van der Waals surface area (Å²) in [6.45, 7) is 2.40. The molecule has 1 aliphatic heterocycles. The fraction of sp³-hybridized carbons (Fsp3) is 0.438. The van der Waals surface area contributed by atoms with Crippen molar-refractivity contribution in [1.29, 1.82) is 0 Å². The van der Waals surface area contributed by atoms with Crippen molar-refractivity contribution in [2.24, 2.45) is 0 Å². The summed E-state index contributed by atoms with van der Waals surface area (Å²) < 4.78 is 6.92. The number of piperidine rings is 1. The number of aromatic nitrogens is 3. The number of ether oxygens (including phenoxy) is 1. The minimum Gasteiger partial charge on any atom is -0.497 e. The van der Waals surface area contributed by atoms with Crippen molar-refractivity contribution in [2.75, 3.05) is 20.2 Å². The molecule has 0 saturated carbocycles. The molecular formula is C16H22ClN5O2. The molecule has 0 spiro atoms. The van der Waals surface area contributed by atoms with Crippen LogP contribution in [0.5, 0.6) is 5.75 Å². The summed E-state index contributed by atoms with van der Waals surface area (Å²) >= 11 is 0. The minimum atomic E-state index is -0.207. The van der Waals surface area contributed by atoms with E-state index in [-0.39, 0.29) is 18.3 Å². The highest BCUT2D eigenvalue weighted by atomic mass is 35.5. The number of amides is 1. The number of nitrogens with one attached hydrogen (secondary N) is 2. The van der Waals surface area contributed by atoms with Crippen molar-refractivity contribution >= 4 is 18.3 Å². The average Bonchev–Trinajstić information content (AvgIpc) is 3.11. The van der Waals surface area contributed by atoms with E-state index in [0.717, 1.165) is 37.2 Å². The van der Waals surface area contributed by atoms with Crippen LogP contribution in [0.4, 0.5) is 0 Å². The monoisotopic (exact) mass is 351 g/mol. The van der Waals surface area contributed by atoms with E-state index in [1.54, 1.807) is 13.3 Å². The summed E-state index contributed by atoms with van der Waals surface area (Å²) in [4.78, 5) is 12.2. The third-order valence-corrected chi connectivity index (χ3v) is 4.04. The number of methoxy groups -OCH3 is 1. The molecule has 8 heteroatoms. The van der Waals surface area contributed by atoms with Gasteiger partial charge in [-0.15, -0.1) is 17.5 Å². The summed E-state index contributed by atoms with van der Waals surface area (Å²) in [5.41, 5.74) is 1.36. The Morgan fingerprint density at radius 3 is 2.71 bits per heavy atom. The third kappa shape index (κ3) is 4.46. The van der Waals surface area contributed by atoms with Gasteiger partial charge in [-0.3, -0.25) is 4.79 Å². The Bertz CT molecular complexity index is 653. The topological polar surface area (TPSA) is 81.1 Å². The van der Waals surface area contributed by atoms with E-state index in [1.165, 1.54) is 0 Å². The lowest BCUT2D eigenvalue weighted by atomic mass is 10.1. The van der Waals surface area contributed by atoms with E-state index in [0.29, 0.717) is 18.3 Å². The highest BCUT2D eigenvalue weighted by Crippen LogP contribution is 2.17. The van der Waals surface area contributed by atoms with E-state index in [9.17, 15) is 4.79 Å². The second-order valence-electron chi connectivity index (χ2n) is 5.60. The van der Waals surface area contributed by atoms with Gasteiger partial charge in [0.2, 0.25) is 0 Å². The van der Waals surface area contributed by atoms with Crippen molar-refractivity contribution in [1.82, 2.24) is 25.6 Å². The van der Waals surface area contributed by atoms with Crippen molar-refractivity contribution in [2.45, 2.75) is 25.4 Å². The maximum absolute atomic E-state index is 12.2. The molecule has 0 aliphatic carbocycles. The zero-order valence-electron chi connectivity index (χ0n) is 13.6. The number of hydrogen-bond donors (Lipinski definition) is 2. The van der Waals surface area contributed by atoms with Crippen LogP contribution in [-0.4, -0.2) is 41.1 Å². The third-order valence-electron chi connectivity index (χ3n) is 4.04. The Labute approximate surface area is 147 Å². The second kappa shape index (κ2) is 8.65. The van der Waals surface area contributed by atoms with E-state index in [2.05, 4.69) is 20.9 Å². The summed E-state index contributed by atoms with van der Waals surface area (Å²) in [6, 6.07) is 7.91. The van der Waals surface area contributed by atoms with E-state index < -0.39 is 0 Å². The van der Waals surface area contributed by atoms with Crippen LogP contribution in [0.1, 0.15) is 34.9 Å². The van der Waals surface area contributed by atoms with Gasteiger partial charge >= 0.3 is 0 Å². The number of carbonyl (C=O) groups is 1. The van der Waals surface area contributed by atoms with Crippen LogP contribution in [0.25, 0.3) is 0 Å². The van der Waals surface area contributed by atoms with Gasteiger partial charge in [0.15, 0.2) is 5.69 Å². The lowest BCUT2D eigenvalue weighted by molar-refractivity contribution is 0.0946. The summed E-state index contributed by atoms with van der Waals surface area (Å²) in [5.74, 6) is 0.589. The van der Waals surface area contributed by atoms with Crippen molar-refractivity contribution in [3.63, 3.8) is 0 Å². The Hall–Kier alpha value is -2.12. The zero-order chi connectivity index (χ0) is 16.1. The van der Waals surface area contributed by atoms with E-state index in [1.807, 2.05) is 28.9 Å². The SMILES string of the molecule is COc1ccc(CNC(=O)c2cn(C3CCNCC3)nn2)cc1.Cl. The molecule has 7 nitrogen and oxygen atoms in total. The predicted octanol–water partition coefficient (Wildman–Crippen LogP) is 1.56. The van der Waals surface area contributed by atoms with Gasteiger partial charge in [0.25, 0.3) is 5.91 Å². The zero-order valence-corrected chi connectivity index (χ0v) is 14.4. The molecule has 1 aromatic heterocycles. The fourth-order valence-corrected chi connectivity index (χ4v) is 2.65. The van der Waals surface area contributed by atoms with Gasteiger partial charge in [-0.2, -0.15) is 0 Å². The number of hydrogen-bond acceptors (Lipinski definition) is 5. The van der Waals surface area contributed by atoms with Crippen LogP contribution in [0.2, 0.25) is 0 Å². The maximum atomic E-state index is 12.2. The molecule has 1 aromatic carbocycles. The minimum absolute atomic E-state index is 0. The first-order valence-corrected chi connectivity index (χ1v) is 7.80. The molecule has 3 rings (SSSR count). The number of carbonyl (C=O) groups excluding carboxylic acids is 1. The summed E-state index contributed by atoms with van der Waals surface area (Å²) in [7, 11) is 1.63. The van der Waals surface area contributed by atoms with Crippen LogP contribution >= 0.6 is 12.4 Å². The average molecular weight is 352 g/mol. The van der Waals surface area contributed by atoms with Crippen molar-refractivity contribution < 1.29 is 9.53 Å². The molecule has 0 unspecified atom stereocenters. The predicted molar refractivity (Wildman–Crippen MR) is 92.6 cm³/mol. The quantitative estimate of drug-likeness (QED) is 0.854. The highest BCUT2D eigenvalue weighted by molar-refractivity contribution is 5.91. The molecule has 2 heterocycles. The van der Waals surface area contributed by atoms with Crippen molar-refractivity contribution in [3.05, 3.63) is 41.7 Å². The molecule has 1 fully saturated rings. The first-order chi connectivity index (χ1) is 11.3. The first kappa shape index (κ1) is 18.2. The lowest BCUT2D eigenvalue weighted by Gasteiger charge is -2.22. The molecule has 1 amide bonds. The van der Waals surface area contributed by atoms with Crippen LogP contribution < -0.4 is 15.4 Å². The molecule has 130 valence electrons. The standard InChI is InChI=1S/C16H21N5O2.ClH/c1-23-14-4-2-12(3-5-14)10-18-16(22)15-11-21(20-19-15)13-6-8-17-9-7-13;/h2-5,11,13,17H,6-10H2,1H3,(H,18,22);1H. The second-order valence-corrected chi connectivity index (χ2v) is 5.60. The van der Waals surface area contributed by atoms with Gasteiger partial charge in [0.1, 0.15) is 5.75 Å². The van der Waals surface area contributed by atoms with E-state index in [4.69, 9.17) is 4.74 Å². The molecular weight excluding hydrogens is 330 g/mol. The Balaban J connectivity index is 0.00000208. The summed E-state index contributed by atoms with van der Waals surface area (Å²) in [6.07, 6.45) is 3.76. The molecule has 0 bridgehead atoms. The highest BCUT2D eigenvalue weighted by Gasteiger charge is 2.18. The van der Waals surface area contributed by atoms with Gasteiger partial charge in [-0.1, -0.05) is 17.3 Å². The van der Waals surface area contributed by atoms with Gasteiger partial charge in [0, 0.05) is 6.54 Å². The fourth-order valence-electron chi connectivity index (χ4n) is 2.65. The number of rotatable bonds is 5. The molecule has 24 heavy (non-hydrogen) atoms. The Morgan fingerprint density at radius 2 is 2.04 bits per heavy atom. The first-order valence-electron chi connectivity index (χ1n) is 7.80. The smallest absolute Gasteiger partial charge is 0.273 e. The molecule has 2 aromatic rings. The Morgan fingerprint density at radius 1 is 1.33 bits per heavy atom.